The van der Waals surface area contributed by atoms with Crippen LogP contribution in [0, 0.1) is 18.7 Å². The van der Waals surface area contributed by atoms with Gasteiger partial charge in [0.1, 0.15) is 11.6 Å². The Morgan fingerprint density at radius 2 is 1.88 bits per heavy atom. The second-order valence-corrected chi connectivity index (χ2v) is 4.91. The molecular weight excluding hydrogens is 203 g/mol. The topological polar surface area (TPSA) is 9.23 Å². The summed E-state index contributed by atoms with van der Waals surface area (Å²) in [5.41, 5.74) is 0.654. The van der Waals surface area contributed by atoms with E-state index in [1.807, 2.05) is 0 Å². The minimum absolute atomic E-state index is 0.162. The van der Waals surface area contributed by atoms with Gasteiger partial charge in [0, 0.05) is 0 Å². The molecule has 1 aromatic carbocycles. The Bertz CT molecular complexity index is 354. The first-order valence-electron chi connectivity index (χ1n) is 6.08. The molecule has 0 aromatic heterocycles. The summed E-state index contributed by atoms with van der Waals surface area (Å²) in [6.07, 6.45) is 5.05. The van der Waals surface area contributed by atoms with Crippen LogP contribution in [0.4, 0.5) is 4.39 Å². The summed E-state index contributed by atoms with van der Waals surface area (Å²) in [7, 11) is 0. The zero-order valence-electron chi connectivity index (χ0n) is 10.0. The van der Waals surface area contributed by atoms with Crippen molar-refractivity contribution in [2.75, 3.05) is 0 Å². The van der Waals surface area contributed by atoms with Crippen molar-refractivity contribution in [2.24, 2.45) is 5.92 Å². The van der Waals surface area contributed by atoms with Gasteiger partial charge in [0.2, 0.25) is 0 Å². The molecule has 1 nitrogen and oxygen atoms in total. The molecule has 0 heterocycles. The van der Waals surface area contributed by atoms with E-state index in [2.05, 4.69) is 6.92 Å². The maximum Gasteiger partial charge on any atom is 0.126 e. The summed E-state index contributed by atoms with van der Waals surface area (Å²) in [6, 6.07) is 4.99. The van der Waals surface area contributed by atoms with Crippen LogP contribution in [0.25, 0.3) is 0 Å². The van der Waals surface area contributed by atoms with E-state index >= 15 is 0 Å². The molecule has 16 heavy (non-hydrogen) atoms. The van der Waals surface area contributed by atoms with E-state index in [-0.39, 0.29) is 5.82 Å². The normalized spacial score (nSPS) is 25.4. The maximum atomic E-state index is 13.1. The van der Waals surface area contributed by atoms with Gasteiger partial charge in [-0.1, -0.05) is 6.92 Å². The lowest BCUT2D eigenvalue weighted by atomic mass is 9.89. The first-order valence-corrected chi connectivity index (χ1v) is 6.08. The lowest BCUT2D eigenvalue weighted by molar-refractivity contribution is 0.135. The third-order valence-electron chi connectivity index (χ3n) is 3.40. The van der Waals surface area contributed by atoms with Crippen LogP contribution in [-0.2, 0) is 0 Å². The molecule has 1 aliphatic carbocycles. The molecule has 1 fully saturated rings. The van der Waals surface area contributed by atoms with Crippen molar-refractivity contribution >= 4 is 0 Å². The average Bonchev–Trinajstić information content (AvgIpc) is 2.27. The Hall–Kier alpha value is -1.05. The second-order valence-electron chi connectivity index (χ2n) is 4.91. The van der Waals surface area contributed by atoms with Crippen molar-refractivity contribution in [3.63, 3.8) is 0 Å². The van der Waals surface area contributed by atoms with E-state index in [4.69, 9.17) is 4.74 Å². The van der Waals surface area contributed by atoms with E-state index in [1.54, 1.807) is 19.1 Å². The summed E-state index contributed by atoms with van der Waals surface area (Å²) >= 11 is 0. The van der Waals surface area contributed by atoms with Crippen LogP contribution >= 0.6 is 0 Å². The largest absolute Gasteiger partial charge is 0.490 e. The van der Waals surface area contributed by atoms with Crippen molar-refractivity contribution in [1.82, 2.24) is 0 Å². The molecule has 88 valence electrons. The van der Waals surface area contributed by atoms with Gasteiger partial charge >= 0.3 is 0 Å². The molecule has 0 unspecified atom stereocenters. The fourth-order valence-electron chi connectivity index (χ4n) is 2.23. The van der Waals surface area contributed by atoms with E-state index in [0.29, 0.717) is 11.7 Å². The number of halogens is 1. The van der Waals surface area contributed by atoms with Gasteiger partial charge in [0.15, 0.2) is 0 Å². The van der Waals surface area contributed by atoms with Gasteiger partial charge in [-0.2, -0.15) is 0 Å². The molecule has 0 bridgehead atoms. The molecular formula is C14H19FO. The van der Waals surface area contributed by atoms with Gasteiger partial charge in [0.05, 0.1) is 6.10 Å². The van der Waals surface area contributed by atoms with E-state index in [0.717, 1.165) is 24.5 Å². The van der Waals surface area contributed by atoms with Gasteiger partial charge < -0.3 is 4.74 Å². The molecule has 1 aromatic rings. The molecule has 1 saturated carbocycles. The Labute approximate surface area is 96.6 Å². The van der Waals surface area contributed by atoms with Crippen LogP contribution in [0.3, 0.4) is 0 Å². The Balaban J connectivity index is 1.96. The minimum atomic E-state index is -0.162. The Morgan fingerprint density at radius 3 is 2.50 bits per heavy atom. The predicted octanol–water partition coefficient (Wildman–Crippen LogP) is 4.09. The zero-order valence-corrected chi connectivity index (χ0v) is 10.0. The molecule has 0 amide bonds. The Kier molecular flexibility index (Phi) is 3.47. The van der Waals surface area contributed by atoms with Crippen LogP contribution in [-0.4, -0.2) is 6.10 Å². The van der Waals surface area contributed by atoms with Crippen LogP contribution in [0.2, 0.25) is 0 Å². The SMILES string of the molecule is Cc1cc(OC2CCC(C)CC2)ccc1F. The first kappa shape index (κ1) is 11.4. The van der Waals surface area contributed by atoms with Gasteiger partial charge in [0.25, 0.3) is 0 Å². The summed E-state index contributed by atoms with van der Waals surface area (Å²) in [4.78, 5) is 0. The number of ether oxygens (including phenoxy) is 1. The van der Waals surface area contributed by atoms with Gasteiger partial charge in [-0.05, 0) is 62.3 Å². The number of rotatable bonds is 2. The number of hydrogen-bond donors (Lipinski definition) is 0. The van der Waals surface area contributed by atoms with Crippen molar-refractivity contribution in [1.29, 1.82) is 0 Å². The van der Waals surface area contributed by atoms with Crippen molar-refractivity contribution in [2.45, 2.75) is 45.6 Å². The van der Waals surface area contributed by atoms with Gasteiger partial charge in [-0.15, -0.1) is 0 Å². The highest BCUT2D eigenvalue weighted by Crippen LogP contribution is 2.27. The summed E-state index contributed by atoms with van der Waals surface area (Å²) in [5.74, 6) is 1.47. The number of aryl methyl sites for hydroxylation is 1. The van der Waals surface area contributed by atoms with Crippen molar-refractivity contribution in [3.8, 4) is 5.75 Å². The highest BCUT2D eigenvalue weighted by atomic mass is 19.1. The molecule has 0 spiro atoms. The van der Waals surface area contributed by atoms with Crippen LogP contribution in [0.5, 0.6) is 5.75 Å². The molecule has 0 N–H and O–H groups in total. The highest BCUT2D eigenvalue weighted by molar-refractivity contribution is 5.29. The Morgan fingerprint density at radius 1 is 1.19 bits per heavy atom. The van der Waals surface area contributed by atoms with E-state index < -0.39 is 0 Å². The molecule has 0 aliphatic heterocycles. The molecule has 2 heteroatoms. The molecule has 0 saturated heterocycles. The standard InChI is InChI=1S/C14H19FO/c1-10-3-5-12(6-4-10)16-13-7-8-14(15)11(2)9-13/h7-10,12H,3-6H2,1-2H3. The van der Waals surface area contributed by atoms with Crippen molar-refractivity contribution < 1.29 is 9.13 Å². The highest BCUT2D eigenvalue weighted by Gasteiger charge is 2.19. The summed E-state index contributed by atoms with van der Waals surface area (Å²) in [5, 5.41) is 0. The van der Waals surface area contributed by atoms with E-state index in [9.17, 15) is 4.39 Å². The molecule has 0 radical (unpaired) electrons. The van der Waals surface area contributed by atoms with E-state index in [1.165, 1.54) is 18.9 Å². The molecule has 2 rings (SSSR count). The second kappa shape index (κ2) is 4.86. The van der Waals surface area contributed by atoms with Crippen LogP contribution in [0.15, 0.2) is 18.2 Å². The fraction of sp³-hybridized carbons (Fsp3) is 0.571. The smallest absolute Gasteiger partial charge is 0.126 e. The van der Waals surface area contributed by atoms with Gasteiger partial charge in [-0.3, -0.25) is 0 Å². The van der Waals surface area contributed by atoms with Crippen molar-refractivity contribution in [3.05, 3.63) is 29.6 Å². The monoisotopic (exact) mass is 222 g/mol. The first-order chi connectivity index (χ1) is 7.65. The third kappa shape index (κ3) is 2.75. The lowest BCUT2D eigenvalue weighted by Crippen LogP contribution is -2.23. The predicted molar refractivity (Wildman–Crippen MR) is 63.2 cm³/mol. The quantitative estimate of drug-likeness (QED) is 0.732. The van der Waals surface area contributed by atoms with Crippen LogP contribution in [0.1, 0.15) is 38.2 Å². The van der Waals surface area contributed by atoms with Crippen LogP contribution < -0.4 is 4.74 Å². The summed E-state index contributed by atoms with van der Waals surface area (Å²) in [6.45, 7) is 4.06. The number of benzene rings is 1. The lowest BCUT2D eigenvalue weighted by Gasteiger charge is -2.27. The summed E-state index contributed by atoms with van der Waals surface area (Å²) < 4.78 is 18.9. The number of hydrogen-bond acceptors (Lipinski definition) is 1. The minimum Gasteiger partial charge on any atom is -0.490 e. The van der Waals surface area contributed by atoms with Gasteiger partial charge in [-0.25, -0.2) is 4.39 Å². The third-order valence-corrected chi connectivity index (χ3v) is 3.40. The molecule has 0 atom stereocenters. The maximum absolute atomic E-state index is 13.1. The molecule has 1 aliphatic rings. The fourth-order valence-corrected chi connectivity index (χ4v) is 2.23. The zero-order chi connectivity index (χ0) is 11.5. The average molecular weight is 222 g/mol.